The molecule has 0 rings (SSSR count). The summed E-state index contributed by atoms with van der Waals surface area (Å²) in [7, 11) is 0. The highest BCUT2D eigenvalue weighted by Gasteiger charge is 2.20. The topological polar surface area (TPSA) is 95.9 Å². The van der Waals surface area contributed by atoms with Gasteiger partial charge in [0.1, 0.15) is 0 Å². The van der Waals surface area contributed by atoms with E-state index in [-0.39, 0.29) is 18.5 Å². The SMILES string of the molecule is CCCCCCCCCCCCCCCCCCCCCC(O)C(CO)NC(=O)CCCCCCCCCCC/C=C\CCCCCCCCCCCCCCOC(=O)CCCCCCCCCCCCCCCCCC. The summed E-state index contributed by atoms with van der Waals surface area (Å²) >= 11 is 0. The van der Waals surface area contributed by atoms with E-state index >= 15 is 0 Å². The number of nitrogens with one attached hydrogen (secondary N) is 1. The lowest BCUT2D eigenvalue weighted by Gasteiger charge is -2.22. The summed E-state index contributed by atoms with van der Waals surface area (Å²) in [5.74, 6) is -0.0155. The molecule has 0 aromatic carbocycles. The molecule has 1 amide bonds. The zero-order chi connectivity index (χ0) is 55.7. The van der Waals surface area contributed by atoms with Crippen molar-refractivity contribution in [1.29, 1.82) is 0 Å². The molecule has 0 aromatic heterocycles. The zero-order valence-electron chi connectivity index (χ0n) is 52.5. The Hall–Kier alpha value is -1.40. The summed E-state index contributed by atoms with van der Waals surface area (Å²) in [6.45, 7) is 5.00. The molecule has 77 heavy (non-hydrogen) atoms. The standard InChI is InChI=1S/C71H139NO5/c1-3-5-7-9-11-13-15-17-19-21-29-32-35-39-43-47-51-55-59-63-69(74)68(67-73)72-70(75)64-60-56-52-48-44-40-36-33-30-27-25-23-22-24-26-28-31-34-38-42-46-50-54-58-62-66-77-71(76)65-61-57-53-49-45-41-37-20-18-16-14-12-10-8-6-4-2/h23,25,68-69,73-74H,3-22,24,26-67H2,1-2H3,(H,72,75)/b25-23-. The van der Waals surface area contributed by atoms with Crippen molar-refractivity contribution in [1.82, 2.24) is 5.32 Å². The second kappa shape index (κ2) is 67.1. The number of carbonyl (C=O) groups is 2. The van der Waals surface area contributed by atoms with Gasteiger partial charge in [-0.3, -0.25) is 9.59 Å². The highest BCUT2D eigenvalue weighted by Crippen LogP contribution is 2.19. The van der Waals surface area contributed by atoms with Crippen LogP contribution in [0.2, 0.25) is 0 Å². The molecule has 0 saturated carbocycles. The van der Waals surface area contributed by atoms with E-state index in [2.05, 4.69) is 31.3 Å². The molecule has 0 aliphatic carbocycles. The smallest absolute Gasteiger partial charge is 0.305 e. The Morgan fingerprint density at radius 3 is 0.922 bits per heavy atom. The van der Waals surface area contributed by atoms with Crippen molar-refractivity contribution in [3.63, 3.8) is 0 Å². The largest absolute Gasteiger partial charge is 0.466 e. The maximum atomic E-state index is 12.5. The van der Waals surface area contributed by atoms with Crippen molar-refractivity contribution in [3.8, 4) is 0 Å². The Morgan fingerprint density at radius 1 is 0.351 bits per heavy atom. The van der Waals surface area contributed by atoms with Gasteiger partial charge in [0.05, 0.1) is 25.4 Å². The van der Waals surface area contributed by atoms with Crippen LogP contribution in [0.3, 0.4) is 0 Å². The molecule has 0 spiro atoms. The van der Waals surface area contributed by atoms with Crippen molar-refractivity contribution in [2.24, 2.45) is 0 Å². The third kappa shape index (κ3) is 63.6. The molecule has 0 aliphatic heterocycles. The lowest BCUT2D eigenvalue weighted by atomic mass is 10.0. The highest BCUT2D eigenvalue weighted by molar-refractivity contribution is 5.76. The van der Waals surface area contributed by atoms with Gasteiger partial charge in [0.25, 0.3) is 0 Å². The van der Waals surface area contributed by atoms with Gasteiger partial charge in [0.2, 0.25) is 5.91 Å². The van der Waals surface area contributed by atoms with E-state index in [9.17, 15) is 19.8 Å². The summed E-state index contributed by atoms with van der Waals surface area (Å²) in [5.41, 5.74) is 0. The van der Waals surface area contributed by atoms with Crippen molar-refractivity contribution < 1.29 is 24.5 Å². The molecule has 458 valence electrons. The number of amides is 1. The van der Waals surface area contributed by atoms with E-state index in [1.807, 2.05) is 0 Å². The van der Waals surface area contributed by atoms with Gasteiger partial charge in [-0.25, -0.2) is 0 Å². The Bertz CT molecular complexity index is 1160. The van der Waals surface area contributed by atoms with Gasteiger partial charge in [0, 0.05) is 12.8 Å². The highest BCUT2D eigenvalue weighted by atomic mass is 16.5. The molecule has 2 unspecified atom stereocenters. The Labute approximate surface area is 482 Å². The van der Waals surface area contributed by atoms with Crippen molar-refractivity contribution in [2.75, 3.05) is 13.2 Å². The predicted octanol–water partition coefficient (Wildman–Crippen LogP) is 22.8. The quantitative estimate of drug-likeness (QED) is 0.0320. The average Bonchev–Trinajstić information content (AvgIpc) is 3.43. The second-order valence-corrected chi connectivity index (χ2v) is 24.6. The average molecular weight is 1090 g/mol. The van der Waals surface area contributed by atoms with Crippen LogP contribution in [0.1, 0.15) is 406 Å². The van der Waals surface area contributed by atoms with Gasteiger partial charge < -0.3 is 20.3 Å². The number of allylic oxidation sites excluding steroid dienone is 2. The van der Waals surface area contributed by atoms with Crippen LogP contribution in [0.5, 0.6) is 0 Å². The molecule has 2 atom stereocenters. The van der Waals surface area contributed by atoms with E-state index in [1.54, 1.807) is 0 Å². The summed E-state index contributed by atoms with van der Waals surface area (Å²) in [6.07, 6.45) is 82.5. The molecule has 6 nitrogen and oxygen atoms in total. The Balaban J connectivity index is 3.38. The third-order valence-corrected chi connectivity index (χ3v) is 16.8. The fourth-order valence-corrected chi connectivity index (χ4v) is 11.4. The molecular formula is C71H139NO5. The number of esters is 1. The number of unbranched alkanes of at least 4 members (excludes halogenated alkanes) is 54. The summed E-state index contributed by atoms with van der Waals surface area (Å²) in [6, 6.07) is -0.544. The van der Waals surface area contributed by atoms with Crippen LogP contribution in [-0.4, -0.2) is 47.4 Å². The molecule has 0 aliphatic rings. The first-order valence-corrected chi connectivity index (χ1v) is 35.4. The lowest BCUT2D eigenvalue weighted by Crippen LogP contribution is -2.45. The molecule has 6 heteroatoms. The number of carbonyl (C=O) groups excluding carboxylic acids is 2. The third-order valence-electron chi connectivity index (χ3n) is 16.8. The summed E-state index contributed by atoms with van der Waals surface area (Å²) in [5, 5.41) is 23.4. The number of hydrogen-bond donors (Lipinski definition) is 3. The van der Waals surface area contributed by atoms with Gasteiger partial charge in [0.15, 0.2) is 0 Å². The van der Waals surface area contributed by atoms with E-state index in [4.69, 9.17) is 4.74 Å². The van der Waals surface area contributed by atoms with E-state index < -0.39 is 12.1 Å². The van der Waals surface area contributed by atoms with Crippen molar-refractivity contribution in [3.05, 3.63) is 12.2 Å². The number of aliphatic hydroxyl groups is 2. The first-order chi connectivity index (χ1) is 38.0. The van der Waals surface area contributed by atoms with E-state index in [0.717, 1.165) is 38.5 Å². The van der Waals surface area contributed by atoms with Crippen LogP contribution in [0.4, 0.5) is 0 Å². The minimum absolute atomic E-state index is 0.0181. The molecule has 0 bridgehead atoms. The molecule has 0 saturated heterocycles. The molecule has 0 fully saturated rings. The van der Waals surface area contributed by atoms with Gasteiger partial charge >= 0.3 is 5.97 Å². The number of rotatable bonds is 67. The fraction of sp³-hybridized carbons (Fsp3) is 0.944. The summed E-state index contributed by atoms with van der Waals surface area (Å²) < 4.78 is 5.50. The van der Waals surface area contributed by atoms with Gasteiger partial charge in [-0.2, -0.15) is 0 Å². The summed E-state index contributed by atoms with van der Waals surface area (Å²) in [4.78, 5) is 24.6. The maximum Gasteiger partial charge on any atom is 0.305 e. The van der Waals surface area contributed by atoms with Crippen LogP contribution in [0.15, 0.2) is 12.2 Å². The van der Waals surface area contributed by atoms with Crippen LogP contribution in [0.25, 0.3) is 0 Å². The molecule has 0 radical (unpaired) electrons. The van der Waals surface area contributed by atoms with E-state index in [0.29, 0.717) is 25.9 Å². The van der Waals surface area contributed by atoms with Gasteiger partial charge in [-0.05, 0) is 51.4 Å². The molecule has 3 N–H and O–H groups in total. The van der Waals surface area contributed by atoms with Gasteiger partial charge in [-0.15, -0.1) is 0 Å². The predicted molar refractivity (Wildman–Crippen MR) is 338 cm³/mol. The zero-order valence-corrected chi connectivity index (χ0v) is 52.5. The molecule has 0 heterocycles. The van der Waals surface area contributed by atoms with Crippen molar-refractivity contribution >= 4 is 11.9 Å². The lowest BCUT2D eigenvalue weighted by molar-refractivity contribution is -0.143. The number of hydrogen-bond acceptors (Lipinski definition) is 5. The van der Waals surface area contributed by atoms with Crippen LogP contribution in [-0.2, 0) is 14.3 Å². The normalized spacial score (nSPS) is 12.5. The monoisotopic (exact) mass is 1090 g/mol. The molecular weight excluding hydrogens is 947 g/mol. The number of ether oxygens (including phenoxy) is 1. The van der Waals surface area contributed by atoms with Crippen molar-refractivity contribution in [2.45, 2.75) is 418 Å². The van der Waals surface area contributed by atoms with Crippen LogP contribution >= 0.6 is 0 Å². The first kappa shape index (κ1) is 75.6. The maximum absolute atomic E-state index is 12.5. The van der Waals surface area contributed by atoms with Gasteiger partial charge in [-0.1, -0.05) is 353 Å². The van der Waals surface area contributed by atoms with Crippen LogP contribution in [0, 0.1) is 0 Å². The minimum Gasteiger partial charge on any atom is -0.466 e. The Morgan fingerprint density at radius 2 is 0.610 bits per heavy atom. The van der Waals surface area contributed by atoms with Crippen LogP contribution < -0.4 is 5.32 Å². The fourth-order valence-electron chi connectivity index (χ4n) is 11.4. The first-order valence-electron chi connectivity index (χ1n) is 35.4. The number of aliphatic hydroxyl groups excluding tert-OH is 2. The molecule has 0 aromatic rings. The second-order valence-electron chi connectivity index (χ2n) is 24.6. The van der Waals surface area contributed by atoms with E-state index in [1.165, 1.54) is 334 Å². The minimum atomic E-state index is -0.666. The Kier molecular flexibility index (Phi) is 65.9.